The zero-order chi connectivity index (χ0) is 14.1. The molecule has 2 atom stereocenters. The number of carbonyl (C=O) groups excluding carboxylic acids is 2. The van der Waals surface area contributed by atoms with Gasteiger partial charge in [0.15, 0.2) is 0 Å². The van der Waals surface area contributed by atoms with Gasteiger partial charge in [-0.2, -0.15) is 0 Å². The molecule has 1 aliphatic heterocycles. The predicted molar refractivity (Wildman–Crippen MR) is 74.6 cm³/mol. The van der Waals surface area contributed by atoms with Crippen LogP contribution >= 0.6 is 0 Å². The molecule has 1 aliphatic carbocycles. The first-order chi connectivity index (χ1) is 9.72. The summed E-state index contributed by atoms with van der Waals surface area (Å²) >= 11 is 0. The van der Waals surface area contributed by atoms with Crippen molar-refractivity contribution in [2.24, 2.45) is 5.92 Å². The molecule has 4 heteroatoms. The van der Waals surface area contributed by atoms with Crippen molar-refractivity contribution < 1.29 is 14.3 Å². The van der Waals surface area contributed by atoms with Crippen LogP contribution in [-0.2, 0) is 4.74 Å². The van der Waals surface area contributed by atoms with Crippen LogP contribution in [0.2, 0.25) is 0 Å². The number of carbonyl (C=O) groups is 2. The number of fused-ring (bicyclic) bond motifs is 1. The summed E-state index contributed by atoms with van der Waals surface area (Å²) in [7, 11) is 1.70. The first-order valence-corrected chi connectivity index (χ1v) is 7.18. The minimum atomic E-state index is -0.131. The Bertz CT molecular complexity index is 503. The fourth-order valence-electron chi connectivity index (χ4n) is 3.42. The lowest BCUT2D eigenvalue weighted by atomic mass is 9.85. The van der Waals surface area contributed by atoms with Gasteiger partial charge in [0.2, 0.25) is 0 Å². The quantitative estimate of drug-likeness (QED) is 0.795. The Hall–Kier alpha value is -1.68. The van der Waals surface area contributed by atoms with Crippen LogP contribution in [0.3, 0.4) is 0 Å². The molecule has 0 saturated heterocycles. The maximum Gasteiger partial charge on any atom is 0.261 e. The fourth-order valence-corrected chi connectivity index (χ4v) is 3.42. The number of rotatable bonds is 3. The molecule has 2 unspecified atom stereocenters. The third kappa shape index (κ3) is 2.14. The Morgan fingerprint density at radius 1 is 1.15 bits per heavy atom. The van der Waals surface area contributed by atoms with E-state index in [0.717, 1.165) is 25.7 Å². The summed E-state index contributed by atoms with van der Waals surface area (Å²) in [6.45, 7) is 0.708. The molecule has 1 aromatic rings. The molecule has 1 saturated carbocycles. The van der Waals surface area contributed by atoms with Crippen molar-refractivity contribution >= 4 is 11.8 Å². The highest BCUT2D eigenvalue weighted by atomic mass is 16.5. The third-order valence-corrected chi connectivity index (χ3v) is 4.35. The Kier molecular flexibility index (Phi) is 3.57. The largest absolute Gasteiger partial charge is 0.384 e. The van der Waals surface area contributed by atoms with Gasteiger partial charge in [0.1, 0.15) is 0 Å². The SMILES string of the molecule is COCC1CCCC(N2C(=O)c3ccccc3C2=O)C1. The molecule has 0 bridgehead atoms. The molecule has 2 aliphatic rings. The summed E-state index contributed by atoms with van der Waals surface area (Å²) in [6.07, 6.45) is 3.94. The smallest absolute Gasteiger partial charge is 0.261 e. The summed E-state index contributed by atoms with van der Waals surface area (Å²) in [6, 6.07) is 7.12. The molecule has 2 amide bonds. The molecule has 1 heterocycles. The van der Waals surface area contributed by atoms with Crippen molar-refractivity contribution in [1.82, 2.24) is 4.90 Å². The topological polar surface area (TPSA) is 46.6 Å². The standard InChI is InChI=1S/C16H19NO3/c1-20-10-11-5-4-6-12(9-11)17-15(18)13-7-2-3-8-14(13)16(17)19/h2-3,7-8,11-12H,4-6,9-10H2,1H3. The number of hydrogen-bond donors (Lipinski definition) is 0. The average Bonchev–Trinajstić information content (AvgIpc) is 2.72. The number of benzene rings is 1. The summed E-state index contributed by atoms with van der Waals surface area (Å²) in [5.41, 5.74) is 1.10. The second kappa shape index (κ2) is 5.37. The van der Waals surface area contributed by atoms with Crippen molar-refractivity contribution in [2.75, 3.05) is 13.7 Å². The summed E-state index contributed by atoms with van der Waals surface area (Å²) in [5.74, 6) is 0.186. The molecule has 0 N–H and O–H groups in total. The van der Waals surface area contributed by atoms with Gasteiger partial charge < -0.3 is 4.74 Å². The molecule has 3 rings (SSSR count). The van der Waals surface area contributed by atoms with Crippen LogP contribution in [0, 0.1) is 5.92 Å². The second-order valence-electron chi connectivity index (χ2n) is 5.67. The van der Waals surface area contributed by atoms with Gasteiger partial charge in [-0.15, -0.1) is 0 Å². The minimum absolute atomic E-state index is 0.0244. The zero-order valence-corrected chi connectivity index (χ0v) is 11.7. The molecule has 1 aromatic carbocycles. The molecular weight excluding hydrogens is 254 g/mol. The number of nitrogens with zero attached hydrogens (tertiary/aromatic N) is 1. The third-order valence-electron chi connectivity index (χ3n) is 4.35. The van der Waals surface area contributed by atoms with Crippen LogP contribution < -0.4 is 0 Å². The van der Waals surface area contributed by atoms with Crippen LogP contribution in [0.5, 0.6) is 0 Å². The molecule has 0 aromatic heterocycles. The molecule has 0 radical (unpaired) electrons. The van der Waals surface area contributed by atoms with Crippen LogP contribution in [0.1, 0.15) is 46.4 Å². The summed E-state index contributed by atoms with van der Waals surface area (Å²) < 4.78 is 5.22. The Morgan fingerprint density at radius 3 is 2.40 bits per heavy atom. The van der Waals surface area contributed by atoms with Crippen molar-refractivity contribution in [1.29, 1.82) is 0 Å². The lowest BCUT2D eigenvalue weighted by Crippen LogP contribution is -2.43. The number of imide groups is 1. The first kappa shape index (κ1) is 13.3. The van der Waals surface area contributed by atoms with E-state index in [4.69, 9.17) is 4.74 Å². The van der Waals surface area contributed by atoms with E-state index in [-0.39, 0.29) is 17.9 Å². The van der Waals surface area contributed by atoms with Gasteiger partial charge in [0.25, 0.3) is 11.8 Å². The van der Waals surface area contributed by atoms with Crippen LogP contribution in [0.15, 0.2) is 24.3 Å². The summed E-state index contributed by atoms with van der Waals surface area (Å²) in [4.78, 5) is 26.4. The second-order valence-corrected chi connectivity index (χ2v) is 5.67. The minimum Gasteiger partial charge on any atom is -0.384 e. The van der Waals surface area contributed by atoms with Crippen LogP contribution in [-0.4, -0.2) is 36.5 Å². The molecule has 106 valence electrons. The Morgan fingerprint density at radius 2 is 1.80 bits per heavy atom. The van der Waals surface area contributed by atoms with E-state index < -0.39 is 0 Å². The molecule has 20 heavy (non-hydrogen) atoms. The van der Waals surface area contributed by atoms with Crippen LogP contribution in [0.4, 0.5) is 0 Å². The lowest BCUT2D eigenvalue weighted by Gasteiger charge is -2.33. The van der Waals surface area contributed by atoms with E-state index in [0.29, 0.717) is 23.7 Å². The highest BCUT2D eigenvalue weighted by Crippen LogP contribution is 2.33. The number of hydrogen-bond acceptors (Lipinski definition) is 3. The molecule has 4 nitrogen and oxygen atoms in total. The predicted octanol–water partition coefficient (Wildman–Crippen LogP) is 2.49. The first-order valence-electron chi connectivity index (χ1n) is 7.18. The highest BCUT2D eigenvalue weighted by molar-refractivity contribution is 6.21. The number of amides is 2. The van der Waals surface area contributed by atoms with Gasteiger partial charge in [-0.25, -0.2) is 0 Å². The van der Waals surface area contributed by atoms with Gasteiger partial charge in [-0.05, 0) is 37.3 Å². The van der Waals surface area contributed by atoms with Gasteiger partial charge in [-0.1, -0.05) is 18.6 Å². The van der Waals surface area contributed by atoms with Gasteiger partial charge >= 0.3 is 0 Å². The zero-order valence-electron chi connectivity index (χ0n) is 11.7. The van der Waals surface area contributed by atoms with E-state index in [1.165, 1.54) is 4.90 Å². The normalized spacial score (nSPS) is 25.9. The van der Waals surface area contributed by atoms with Crippen LogP contribution in [0.25, 0.3) is 0 Å². The maximum atomic E-state index is 12.4. The fraction of sp³-hybridized carbons (Fsp3) is 0.500. The van der Waals surface area contributed by atoms with E-state index in [1.807, 2.05) is 12.1 Å². The van der Waals surface area contributed by atoms with Crippen molar-refractivity contribution in [3.63, 3.8) is 0 Å². The molecule has 1 fully saturated rings. The van der Waals surface area contributed by atoms with E-state index >= 15 is 0 Å². The lowest BCUT2D eigenvalue weighted by molar-refractivity contribution is 0.0467. The molecular formula is C16H19NO3. The van der Waals surface area contributed by atoms with E-state index in [1.54, 1.807) is 19.2 Å². The summed E-state index contributed by atoms with van der Waals surface area (Å²) in [5, 5.41) is 0. The monoisotopic (exact) mass is 273 g/mol. The Labute approximate surface area is 118 Å². The highest BCUT2D eigenvalue weighted by Gasteiger charge is 2.41. The van der Waals surface area contributed by atoms with Crippen molar-refractivity contribution in [2.45, 2.75) is 31.7 Å². The van der Waals surface area contributed by atoms with Gasteiger partial charge in [0, 0.05) is 19.8 Å². The molecule has 0 spiro atoms. The number of methoxy groups -OCH3 is 1. The van der Waals surface area contributed by atoms with Crippen molar-refractivity contribution in [3.05, 3.63) is 35.4 Å². The van der Waals surface area contributed by atoms with E-state index in [2.05, 4.69) is 0 Å². The average molecular weight is 273 g/mol. The Balaban J connectivity index is 1.82. The van der Waals surface area contributed by atoms with Gasteiger partial charge in [0.05, 0.1) is 11.1 Å². The van der Waals surface area contributed by atoms with E-state index in [9.17, 15) is 9.59 Å². The van der Waals surface area contributed by atoms with Crippen molar-refractivity contribution in [3.8, 4) is 0 Å². The number of ether oxygens (including phenoxy) is 1. The van der Waals surface area contributed by atoms with Gasteiger partial charge in [-0.3, -0.25) is 14.5 Å². The maximum absolute atomic E-state index is 12.4.